The van der Waals surface area contributed by atoms with Gasteiger partial charge >= 0.3 is 11.9 Å². The van der Waals surface area contributed by atoms with Crippen LogP contribution in [0.15, 0.2) is 82.6 Å². The average molecular weight is 755 g/mol. The van der Waals surface area contributed by atoms with Crippen LogP contribution in [0.25, 0.3) is 0 Å². The molecule has 0 unspecified atom stereocenters. The van der Waals surface area contributed by atoms with E-state index in [-0.39, 0.29) is 48.2 Å². The number of hydrogen-bond donors (Lipinski definition) is 0. The minimum Gasteiger partial charge on any atom is -0.490 e. The molecule has 2 rings (SSSR count). The number of sulfone groups is 1. The molecule has 0 bridgehead atoms. The van der Waals surface area contributed by atoms with Crippen LogP contribution in [0.2, 0.25) is 0 Å². The van der Waals surface area contributed by atoms with Crippen molar-refractivity contribution in [1.82, 2.24) is 0 Å². The van der Waals surface area contributed by atoms with E-state index in [0.29, 0.717) is 24.3 Å². The van der Waals surface area contributed by atoms with Crippen molar-refractivity contribution in [3.63, 3.8) is 0 Å². The van der Waals surface area contributed by atoms with E-state index < -0.39 is 9.84 Å². The lowest BCUT2D eigenvalue weighted by atomic mass is 10.1. The second-order valence-corrected chi connectivity index (χ2v) is 15.4. The van der Waals surface area contributed by atoms with Crippen molar-refractivity contribution in [2.45, 2.75) is 152 Å². The fourth-order valence-corrected chi connectivity index (χ4v) is 6.89. The maximum atomic E-state index is 13.2. The SMILES string of the molecule is CCCCCCCC/C=C/CCCC(=O)OCCOc1ccc(S(=O)(=O)c2ccc(OCCOC(=O)CCC/C=C/CCCCCCCC)cc2)cc1. The Hall–Kier alpha value is -3.59. The Labute approximate surface area is 320 Å². The molecular formula is C44H66O8S. The molecule has 0 aliphatic rings. The highest BCUT2D eigenvalue weighted by molar-refractivity contribution is 7.91. The predicted molar refractivity (Wildman–Crippen MR) is 213 cm³/mol. The highest BCUT2D eigenvalue weighted by Gasteiger charge is 2.18. The molecule has 9 heteroatoms. The summed E-state index contributed by atoms with van der Waals surface area (Å²) in [5.41, 5.74) is 0. The maximum absolute atomic E-state index is 13.2. The van der Waals surface area contributed by atoms with Crippen LogP contribution in [0.1, 0.15) is 142 Å². The van der Waals surface area contributed by atoms with Gasteiger partial charge in [0.2, 0.25) is 9.84 Å². The largest absolute Gasteiger partial charge is 0.490 e. The maximum Gasteiger partial charge on any atom is 0.305 e. The molecule has 2 aromatic carbocycles. The van der Waals surface area contributed by atoms with Gasteiger partial charge in [0.1, 0.15) is 37.9 Å². The third-order valence-corrected chi connectivity index (χ3v) is 10.6. The highest BCUT2D eigenvalue weighted by Crippen LogP contribution is 2.25. The minimum absolute atomic E-state index is 0.126. The van der Waals surface area contributed by atoms with Crippen LogP contribution in [0.4, 0.5) is 0 Å². The van der Waals surface area contributed by atoms with E-state index in [4.69, 9.17) is 18.9 Å². The first-order valence-corrected chi connectivity index (χ1v) is 21.7. The van der Waals surface area contributed by atoms with E-state index in [0.717, 1.165) is 38.5 Å². The summed E-state index contributed by atoms with van der Waals surface area (Å²) in [7, 11) is -3.75. The predicted octanol–water partition coefficient (Wildman–Crippen LogP) is 11.3. The number of carbonyl (C=O) groups excluding carboxylic acids is 2. The smallest absolute Gasteiger partial charge is 0.305 e. The Kier molecular flexibility index (Phi) is 25.6. The van der Waals surface area contributed by atoms with E-state index in [9.17, 15) is 18.0 Å². The number of ether oxygens (including phenoxy) is 4. The van der Waals surface area contributed by atoms with Crippen LogP contribution >= 0.6 is 0 Å². The molecule has 0 amide bonds. The number of benzene rings is 2. The van der Waals surface area contributed by atoms with Crippen LogP contribution in [-0.4, -0.2) is 46.8 Å². The summed E-state index contributed by atoms with van der Waals surface area (Å²) < 4.78 is 48.1. The second-order valence-electron chi connectivity index (χ2n) is 13.4. The quantitative estimate of drug-likeness (QED) is 0.0413. The molecule has 0 atom stereocenters. The molecule has 0 saturated heterocycles. The van der Waals surface area contributed by atoms with E-state index in [1.165, 1.54) is 101 Å². The van der Waals surface area contributed by atoms with Gasteiger partial charge in [-0.2, -0.15) is 0 Å². The zero-order valence-corrected chi connectivity index (χ0v) is 33.4. The Morgan fingerprint density at radius 2 is 0.811 bits per heavy atom. The van der Waals surface area contributed by atoms with E-state index in [2.05, 4.69) is 38.2 Å². The van der Waals surface area contributed by atoms with Gasteiger partial charge in [-0.1, -0.05) is 102 Å². The topological polar surface area (TPSA) is 105 Å². The summed E-state index contributed by atoms with van der Waals surface area (Å²) in [5.74, 6) is 0.468. The van der Waals surface area contributed by atoms with E-state index in [1.807, 2.05) is 0 Å². The Balaban J connectivity index is 1.56. The molecule has 53 heavy (non-hydrogen) atoms. The van der Waals surface area contributed by atoms with Gasteiger partial charge in [-0.05, 0) is 99.9 Å². The Bertz CT molecular complexity index is 1300. The van der Waals surface area contributed by atoms with Crippen LogP contribution in [0.3, 0.4) is 0 Å². The van der Waals surface area contributed by atoms with Gasteiger partial charge in [0.25, 0.3) is 0 Å². The average Bonchev–Trinajstić information content (AvgIpc) is 3.16. The van der Waals surface area contributed by atoms with Gasteiger partial charge in [-0.25, -0.2) is 8.42 Å². The van der Waals surface area contributed by atoms with Gasteiger partial charge in [-0.3, -0.25) is 9.59 Å². The third-order valence-electron chi connectivity index (χ3n) is 8.78. The Morgan fingerprint density at radius 1 is 0.472 bits per heavy atom. The molecule has 0 N–H and O–H groups in total. The van der Waals surface area contributed by atoms with Gasteiger partial charge in [0, 0.05) is 12.8 Å². The van der Waals surface area contributed by atoms with Gasteiger partial charge in [0.15, 0.2) is 0 Å². The lowest BCUT2D eigenvalue weighted by Crippen LogP contribution is -2.12. The molecule has 0 spiro atoms. The molecule has 0 aliphatic heterocycles. The first-order chi connectivity index (χ1) is 25.9. The van der Waals surface area contributed by atoms with Gasteiger partial charge < -0.3 is 18.9 Å². The van der Waals surface area contributed by atoms with Gasteiger partial charge in [0.05, 0.1) is 9.79 Å². The number of allylic oxidation sites excluding steroid dienone is 4. The summed E-state index contributed by atoms with van der Waals surface area (Å²) in [6, 6.07) is 12.3. The van der Waals surface area contributed by atoms with Gasteiger partial charge in [-0.15, -0.1) is 0 Å². The summed E-state index contributed by atoms with van der Waals surface area (Å²) in [5, 5.41) is 0. The van der Waals surface area contributed by atoms with Crippen molar-refractivity contribution in [2.24, 2.45) is 0 Å². The van der Waals surface area contributed by atoms with Crippen molar-refractivity contribution < 1.29 is 37.0 Å². The summed E-state index contributed by atoms with van der Waals surface area (Å²) in [6.07, 6.45) is 30.5. The standard InChI is InChI=1S/C44H66O8S/c1-3-5-7-9-11-13-15-17-19-21-23-25-43(45)51-37-35-49-39-27-31-41(32-28-39)53(47,48)42-33-29-40(30-34-42)50-36-38-52-44(46)26-24-22-20-18-16-14-12-10-8-6-4-2/h17-20,27-34H,3-16,21-26,35-38H2,1-2H3/b19-17+,20-18+. The summed E-state index contributed by atoms with van der Waals surface area (Å²) in [6.45, 7) is 5.06. The van der Waals surface area contributed by atoms with Crippen molar-refractivity contribution in [2.75, 3.05) is 26.4 Å². The van der Waals surface area contributed by atoms with Crippen LogP contribution in [0.5, 0.6) is 11.5 Å². The number of hydrogen-bond acceptors (Lipinski definition) is 8. The normalized spacial score (nSPS) is 11.7. The lowest BCUT2D eigenvalue weighted by molar-refractivity contribution is -0.145. The van der Waals surface area contributed by atoms with E-state index in [1.54, 1.807) is 24.3 Å². The van der Waals surface area contributed by atoms with Crippen molar-refractivity contribution in [3.05, 3.63) is 72.8 Å². The zero-order chi connectivity index (χ0) is 38.2. The molecule has 0 radical (unpaired) electrons. The number of unbranched alkanes of at least 4 members (excludes halogenated alkanes) is 14. The number of carbonyl (C=O) groups is 2. The van der Waals surface area contributed by atoms with Crippen LogP contribution in [-0.2, 0) is 28.9 Å². The molecule has 8 nitrogen and oxygen atoms in total. The fourth-order valence-electron chi connectivity index (χ4n) is 5.63. The molecule has 0 aromatic heterocycles. The first kappa shape index (κ1) is 45.6. The third kappa shape index (κ3) is 22.3. The van der Waals surface area contributed by atoms with Crippen molar-refractivity contribution in [3.8, 4) is 11.5 Å². The summed E-state index contributed by atoms with van der Waals surface area (Å²) in [4.78, 5) is 24.3. The fraction of sp³-hybridized carbons (Fsp3) is 0.591. The number of esters is 2. The molecule has 296 valence electrons. The molecule has 0 fully saturated rings. The molecule has 2 aromatic rings. The minimum atomic E-state index is -3.75. The monoisotopic (exact) mass is 754 g/mol. The van der Waals surface area contributed by atoms with Crippen molar-refractivity contribution >= 4 is 21.8 Å². The van der Waals surface area contributed by atoms with Crippen LogP contribution < -0.4 is 9.47 Å². The molecule has 0 saturated carbocycles. The van der Waals surface area contributed by atoms with Crippen LogP contribution in [0, 0.1) is 0 Å². The van der Waals surface area contributed by atoms with Crippen molar-refractivity contribution in [1.29, 1.82) is 0 Å². The van der Waals surface area contributed by atoms with E-state index >= 15 is 0 Å². The zero-order valence-electron chi connectivity index (χ0n) is 32.6. The molecule has 0 aliphatic carbocycles. The Morgan fingerprint density at radius 3 is 1.19 bits per heavy atom. The summed E-state index contributed by atoms with van der Waals surface area (Å²) >= 11 is 0. The molecular weight excluding hydrogens is 689 g/mol. The molecule has 0 heterocycles. The first-order valence-electron chi connectivity index (χ1n) is 20.2. The lowest BCUT2D eigenvalue weighted by Gasteiger charge is -2.10. The number of rotatable bonds is 32. The highest BCUT2D eigenvalue weighted by atomic mass is 32.2. The second kappa shape index (κ2) is 29.8.